The molecule has 0 saturated carbocycles. The molecule has 142 valence electrons. The van der Waals surface area contributed by atoms with Gasteiger partial charge in [-0.25, -0.2) is 4.79 Å². The van der Waals surface area contributed by atoms with Crippen molar-refractivity contribution in [3.63, 3.8) is 0 Å². The van der Waals surface area contributed by atoms with E-state index >= 15 is 0 Å². The van der Waals surface area contributed by atoms with Crippen molar-refractivity contribution in [2.24, 2.45) is 0 Å². The summed E-state index contributed by atoms with van der Waals surface area (Å²) in [6.07, 6.45) is -1.17. The Bertz CT molecular complexity index is 897. The average molecular weight is 373 g/mol. The fraction of sp³-hybridized carbons (Fsp3) is 0.222. The number of methoxy groups -OCH3 is 1. The number of hydrogen-bond acceptors (Lipinski definition) is 7. The fourth-order valence-corrected chi connectivity index (χ4v) is 2.28. The smallest absolute Gasteiger partial charge is 0.341 e. The molecule has 0 unspecified atom stereocenters. The van der Waals surface area contributed by atoms with Crippen LogP contribution < -0.4 is 15.8 Å². The Hall–Kier alpha value is -3.62. The number of amides is 1. The standard InChI is InChI=1S/C18H19N3O6/c1-10-5-4-6-13(16(10)19)18(23)27-11(2)17(22)20-14-9-12(21(24)25)7-8-15(14)26-3/h4-9,11H,19H2,1-3H3,(H,20,22)/t11-/m0/s1. The van der Waals surface area contributed by atoms with E-state index in [0.717, 1.165) is 6.07 Å². The first-order chi connectivity index (χ1) is 12.7. The molecule has 0 aliphatic heterocycles. The molecule has 0 aromatic heterocycles. The Morgan fingerprint density at radius 1 is 1.26 bits per heavy atom. The lowest BCUT2D eigenvalue weighted by Gasteiger charge is -2.16. The number of nitro groups is 1. The second kappa shape index (κ2) is 8.17. The van der Waals surface area contributed by atoms with E-state index in [4.69, 9.17) is 15.2 Å². The summed E-state index contributed by atoms with van der Waals surface area (Å²) in [6.45, 7) is 3.12. The molecule has 2 rings (SSSR count). The molecule has 2 aromatic carbocycles. The molecule has 0 aliphatic rings. The maximum absolute atomic E-state index is 12.3. The number of carbonyl (C=O) groups is 2. The topological polar surface area (TPSA) is 134 Å². The molecule has 0 aliphatic carbocycles. The minimum atomic E-state index is -1.17. The van der Waals surface area contributed by atoms with Crippen molar-refractivity contribution in [2.75, 3.05) is 18.2 Å². The summed E-state index contributed by atoms with van der Waals surface area (Å²) in [6, 6.07) is 8.66. The van der Waals surface area contributed by atoms with Crippen molar-refractivity contribution in [3.8, 4) is 5.75 Å². The van der Waals surface area contributed by atoms with Crippen molar-refractivity contribution >= 4 is 28.9 Å². The highest BCUT2D eigenvalue weighted by Gasteiger charge is 2.22. The minimum absolute atomic E-state index is 0.0923. The maximum atomic E-state index is 12.3. The van der Waals surface area contributed by atoms with Gasteiger partial charge in [0.2, 0.25) is 0 Å². The lowest BCUT2D eigenvalue weighted by Crippen LogP contribution is -2.30. The number of rotatable bonds is 6. The van der Waals surface area contributed by atoms with E-state index in [-0.39, 0.29) is 28.4 Å². The summed E-state index contributed by atoms with van der Waals surface area (Å²) in [5.74, 6) is -1.19. The van der Waals surface area contributed by atoms with Crippen LogP contribution in [0.5, 0.6) is 5.75 Å². The van der Waals surface area contributed by atoms with Crippen molar-refractivity contribution in [1.29, 1.82) is 0 Å². The molecule has 9 nitrogen and oxygen atoms in total. The van der Waals surface area contributed by atoms with Gasteiger partial charge < -0.3 is 20.5 Å². The van der Waals surface area contributed by atoms with Gasteiger partial charge in [0, 0.05) is 17.8 Å². The van der Waals surface area contributed by atoms with Crippen LogP contribution >= 0.6 is 0 Å². The van der Waals surface area contributed by atoms with Crippen LogP contribution in [-0.2, 0) is 9.53 Å². The summed E-state index contributed by atoms with van der Waals surface area (Å²) in [5, 5.41) is 13.4. The van der Waals surface area contributed by atoms with Gasteiger partial charge in [0.05, 0.1) is 23.3 Å². The number of nitrogens with zero attached hydrogens (tertiary/aromatic N) is 1. The monoisotopic (exact) mass is 373 g/mol. The molecule has 0 spiro atoms. The van der Waals surface area contributed by atoms with E-state index in [0.29, 0.717) is 5.56 Å². The summed E-state index contributed by atoms with van der Waals surface area (Å²) in [7, 11) is 1.36. The fourth-order valence-electron chi connectivity index (χ4n) is 2.28. The molecular formula is C18H19N3O6. The highest BCUT2D eigenvalue weighted by molar-refractivity contribution is 6.00. The van der Waals surface area contributed by atoms with Crippen molar-refractivity contribution in [2.45, 2.75) is 20.0 Å². The van der Waals surface area contributed by atoms with Gasteiger partial charge in [0.25, 0.3) is 11.6 Å². The Labute approximate surface area is 155 Å². The lowest BCUT2D eigenvalue weighted by molar-refractivity contribution is -0.384. The number of nitrogens with one attached hydrogen (secondary N) is 1. The number of anilines is 2. The van der Waals surface area contributed by atoms with E-state index in [1.165, 1.54) is 32.2 Å². The molecule has 0 radical (unpaired) electrons. The minimum Gasteiger partial charge on any atom is -0.495 e. The molecule has 0 heterocycles. The normalized spacial score (nSPS) is 11.4. The van der Waals surface area contributed by atoms with Gasteiger partial charge in [-0.05, 0) is 31.5 Å². The number of nitro benzene ring substituents is 1. The third-order valence-corrected chi connectivity index (χ3v) is 3.85. The van der Waals surface area contributed by atoms with Crippen LogP contribution in [-0.4, -0.2) is 30.0 Å². The predicted octanol–water partition coefficient (Wildman–Crippen LogP) is 2.68. The number of non-ortho nitro benzene ring substituents is 1. The number of nitrogen functional groups attached to an aromatic ring is 1. The first-order valence-corrected chi connectivity index (χ1v) is 7.94. The van der Waals surface area contributed by atoms with Crippen LogP contribution in [0.2, 0.25) is 0 Å². The van der Waals surface area contributed by atoms with Gasteiger partial charge in [-0.15, -0.1) is 0 Å². The number of benzene rings is 2. The SMILES string of the molecule is COc1ccc([N+](=O)[O-])cc1NC(=O)[C@H](C)OC(=O)c1cccc(C)c1N. The van der Waals surface area contributed by atoms with Crippen LogP contribution in [0.4, 0.5) is 17.1 Å². The van der Waals surface area contributed by atoms with Crippen LogP contribution in [0.25, 0.3) is 0 Å². The number of ether oxygens (including phenoxy) is 2. The van der Waals surface area contributed by atoms with Crippen molar-refractivity contribution < 1.29 is 24.0 Å². The molecule has 0 bridgehead atoms. The first-order valence-electron chi connectivity index (χ1n) is 7.94. The van der Waals surface area contributed by atoms with Crippen LogP contribution in [0.1, 0.15) is 22.8 Å². The molecule has 27 heavy (non-hydrogen) atoms. The zero-order valence-electron chi connectivity index (χ0n) is 15.0. The first kappa shape index (κ1) is 19.7. The van der Waals surface area contributed by atoms with E-state index in [1.54, 1.807) is 19.1 Å². The number of aryl methyl sites for hydroxylation is 1. The van der Waals surface area contributed by atoms with Crippen LogP contribution in [0.3, 0.4) is 0 Å². The second-order valence-corrected chi connectivity index (χ2v) is 5.71. The molecule has 0 fully saturated rings. The van der Waals surface area contributed by atoms with E-state index < -0.39 is 22.9 Å². The number of nitrogens with two attached hydrogens (primary N) is 1. The molecule has 1 amide bonds. The Kier molecular flexibility index (Phi) is 5.96. The Morgan fingerprint density at radius 2 is 1.96 bits per heavy atom. The summed E-state index contributed by atoms with van der Waals surface area (Å²) < 4.78 is 10.2. The zero-order chi connectivity index (χ0) is 20.1. The summed E-state index contributed by atoms with van der Waals surface area (Å²) >= 11 is 0. The van der Waals surface area contributed by atoms with Gasteiger partial charge in [-0.2, -0.15) is 0 Å². The third-order valence-electron chi connectivity index (χ3n) is 3.85. The molecular weight excluding hydrogens is 354 g/mol. The average Bonchev–Trinajstić information content (AvgIpc) is 2.63. The largest absolute Gasteiger partial charge is 0.495 e. The summed E-state index contributed by atoms with van der Waals surface area (Å²) in [4.78, 5) is 34.9. The maximum Gasteiger partial charge on any atom is 0.341 e. The highest BCUT2D eigenvalue weighted by Crippen LogP contribution is 2.29. The molecule has 3 N–H and O–H groups in total. The number of esters is 1. The van der Waals surface area contributed by atoms with Crippen LogP contribution in [0, 0.1) is 17.0 Å². The summed E-state index contributed by atoms with van der Waals surface area (Å²) in [5.41, 5.74) is 6.87. The molecule has 0 saturated heterocycles. The van der Waals surface area contributed by atoms with E-state index in [1.807, 2.05) is 0 Å². The van der Waals surface area contributed by atoms with Gasteiger partial charge in [-0.3, -0.25) is 14.9 Å². The second-order valence-electron chi connectivity index (χ2n) is 5.71. The number of carbonyl (C=O) groups excluding carboxylic acids is 2. The van der Waals surface area contributed by atoms with Gasteiger partial charge in [0.1, 0.15) is 5.75 Å². The van der Waals surface area contributed by atoms with E-state index in [9.17, 15) is 19.7 Å². The quantitative estimate of drug-likeness (QED) is 0.344. The zero-order valence-corrected chi connectivity index (χ0v) is 15.0. The third kappa shape index (κ3) is 4.51. The van der Waals surface area contributed by atoms with Crippen LogP contribution in [0.15, 0.2) is 36.4 Å². The lowest BCUT2D eigenvalue weighted by atomic mass is 10.1. The van der Waals surface area contributed by atoms with Gasteiger partial charge >= 0.3 is 5.97 Å². The van der Waals surface area contributed by atoms with Crippen molar-refractivity contribution in [1.82, 2.24) is 0 Å². The van der Waals surface area contributed by atoms with E-state index in [2.05, 4.69) is 5.32 Å². The Morgan fingerprint density at radius 3 is 2.59 bits per heavy atom. The Balaban J connectivity index is 2.14. The van der Waals surface area contributed by atoms with Gasteiger partial charge in [0.15, 0.2) is 6.10 Å². The number of para-hydroxylation sites is 1. The van der Waals surface area contributed by atoms with Gasteiger partial charge in [-0.1, -0.05) is 12.1 Å². The molecule has 9 heteroatoms. The predicted molar refractivity (Wildman–Crippen MR) is 98.7 cm³/mol. The molecule has 1 atom stereocenters. The highest BCUT2D eigenvalue weighted by atomic mass is 16.6. The van der Waals surface area contributed by atoms with Crippen molar-refractivity contribution in [3.05, 3.63) is 57.6 Å². The molecule has 2 aromatic rings. The number of hydrogen-bond donors (Lipinski definition) is 2.